The minimum atomic E-state index is -1.11. The number of halogens is 1. The Morgan fingerprint density at radius 3 is 2.33 bits per heavy atom. The minimum Gasteiger partial charge on any atom is -0.468 e. The first kappa shape index (κ1) is 13.9. The normalized spacial score (nSPS) is 9.60. The highest BCUT2D eigenvalue weighted by Crippen LogP contribution is 1.99. The van der Waals surface area contributed by atoms with Crippen molar-refractivity contribution in [2.24, 2.45) is 10.9 Å². The number of methoxy groups -OCH3 is 2. The summed E-state index contributed by atoms with van der Waals surface area (Å²) >= 11 is 1.87. The minimum absolute atomic E-state index is 0.230. The average molecular weight is 323 g/mol. The number of carbonyl (C=O) groups is 2. The lowest BCUT2D eigenvalue weighted by Gasteiger charge is -2.06. The zero-order valence-corrected chi connectivity index (χ0v) is 10.5. The lowest BCUT2D eigenvalue weighted by atomic mass is 10.2. The third-order valence-corrected chi connectivity index (χ3v) is 1.78. The van der Waals surface area contributed by atoms with Crippen LogP contribution in [0.2, 0.25) is 0 Å². The van der Waals surface area contributed by atoms with E-state index < -0.39 is 17.9 Å². The van der Waals surface area contributed by atoms with Gasteiger partial charge in [-0.05, 0) is 3.93 Å². The molecule has 0 fully saturated rings. The summed E-state index contributed by atoms with van der Waals surface area (Å²) in [7, 11) is 2.38. The van der Waals surface area contributed by atoms with Crippen molar-refractivity contribution in [3.63, 3.8) is 0 Å². The van der Waals surface area contributed by atoms with Gasteiger partial charge in [-0.2, -0.15) is 0 Å². The number of ether oxygens (including phenoxy) is 2. The summed E-state index contributed by atoms with van der Waals surface area (Å²) < 4.78 is 11.4. The van der Waals surface area contributed by atoms with Crippen molar-refractivity contribution < 1.29 is 19.1 Å². The second-order valence-corrected chi connectivity index (χ2v) is 2.82. The number of esters is 2. The van der Waals surface area contributed by atoms with Gasteiger partial charge in [0.2, 0.25) is 0 Å². The summed E-state index contributed by atoms with van der Waals surface area (Å²) in [5.74, 6) is 0.135. The summed E-state index contributed by atoms with van der Waals surface area (Å²) in [6.07, 6.45) is 1.18. The molecule has 0 radical (unpaired) electrons. The molecule has 0 aliphatic carbocycles. The van der Waals surface area contributed by atoms with Crippen molar-refractivity contribution >= 4 is 40.7 Å². The predicted octanol–water partition coefficient (Wildman–Crippen LogP) is 0.415. The first-order valence-corrected chi connectivity index (χ1v) is 4.99. The molecule has 0 aromatic heterocycles. The fraction of sp³-hybridized carbons (Fsp3) is 0.444. The van der Waals surface area contributed by atoms with Gasteiger partial charge in [0, 0.05) is 28.8 Å². The molecule has 0 saturated heterocycles. The van der Waals surface area contributed by atoms with Crippen LogP contribution in [0.25, 0.3) is 0 Å². The Balaban J connectivity index is 4.48. The molecule has 0 aromatic rings. The van der Waals surface area contributed by atoms with Crippen molar-refractivity contribution in [2.45, 2.75) is 0 Å². The Morgan fingerprint density at radius 1 is 1.40 bits per heavy atom. The molecule has 82 valence electrons. The number of hydrogen-bond donors (Lipinski definition) is 0. The molecule has 0 N–H and O–H groups in total. The maximum Gasteiger partial charge on any atom is 0.325 e. The van der Waals surface area contributed by atoms with E-state index in [9.17, 15) is 9.59 Å². The second-order valence-electron chi connectivity index (χ2n) is 2.29. The molecule has 0 amide bonds. The molecular formula is C9H10INO4. The van der Waals surface area contributed by atoms with Crippen LogP contribution in [0.4, 0.5) is 0 Å². The van der Waals surface area contributed by atoms with Crippen molar-refractivity contribution in [3.8, 4) is 9.85 Å². The largest absolute Gasteiger partial charge is 0.468 e. The molecule has 0 rings (SSSR count). The summed E-state index contributed by atoms with van der Waals surface area (Å²) in [5, 5.41) is 0. The first-order valence-electron chi connectivity index (χ1n) is 3.91. The van der Waals surface area contributed by atoms with Crippen LogP contribution in [0.1, 0.15) is 0 Å². The fourth-order valence-corrected chi connectivity index (χ4v) is 0.876. The van der Waals surface area contributed by atoms with Crippen LogP contribution in [-0.4, -0.2) is 38.9 Å². The zero-order valence-electron chi connectivity index (χ0n) is 8.32. The number of hydrogen-bond acceptors (Lipinski definition) is 5. The van der Waals surface area contributed by atoms with Crippen LogP contribution in [0, 0.1) is 15.8 Å². The molecule has 0 unspecified atom stereocenters. The number of carbonyl (C=O) groups excluding carboxylic acids is 2. The zero-order chi connectivity index (χ0) is 11.7. The number of rotatable bonds is 4. The van der Waals surface area contributed by atoms with Crippen molar-refractivity contribution in [1.29, 1.82) is 0 Å². The molecule has 0 heterocycles. The first-order chi connectivity index (χ1) is 7.17. The van der Waals surface area contributed by atoms with E-state index in [2.05, 4.69) is 24.3 Å². The van der Waals surface area contributed by atoms with E-state index in [-0.39, 0.29) is 6.54 Å². The van der Waals surface area contributed by atoms with Gasteiger partial charge in [0.25, 0.3) is 0 Å². The van der Waals surface area contributed by atoms with Crippen LogP contribution in [0.5, 0.6) is 0 Å². The van der Waals surface area contributed by atoms with Gasteiger partial charge in [-0.3, -0.25) is 14.6 Å². The van der Waals surface area contributed by atoms with Gasteiger partial charge < -0.3 is 9.47 Å². The summed E-state index contributed by atoms with van der Waals surface area (Å²) in [5.41, 5.74) is 0. The monoisotopic (exact) mass is 323 g/mol. The van der Waals surface area contributed by atoms with Crippen LogP contribution in [0.15, 0.2) is 4.99 Å². The Labute approximate surface area is 101 Å². The van der Waals surface area contributed by atoms with Gasteiger partial charge in [0.15, 0.2) is 5.92 Å². The average Bonchev–Trinajstić information content (AvgIpc) is 2.27. The molecule has 5 nitrogen and oxygen atoms in total. The molecule has 0 aromatic carbocycles. The quantitative estimate of drug-likeness (QED) is 0.247. The Morgan fingerprint density at radius 2 is 1.93 bits per heavy atom. The van der Waals surface area contributed by atoms with Crippen molar-refractivity contribution in [2.75, 3.05) is 20.8 Å². The van der Waals surface area contributed by atoms with E-state index in [0.29, 0.717) is 0 Å². The van der Waals surface area contributed by atoms with E-state index in [4.69, 9.17) is 0 Å². The van der Waals surface area contributed by atoms with E-state index >= 15 is 0 Å². The van der Waals surface area contributed by atoms with Gasteiger partial charge in [-0.25, -0.2) is 0 Å². The lowest BCUT2D eigenvalue weighted by molar-refractivity contribution is -0.154. The van der Waals surface area contributed by atoms with Crippen LogP contribution < -0.4 is 0 Å². The van der Waals surface area contributed by atoms with Crippen LogP contribution in [0.3, 0.4) is 0 Å². The summed E-state index contributed by atoms with van der Waals surface area (Å²) in [6.45, 7) is 0.230. The second kappa shape index (κ2) is 8.23. The van der Waals surface area contributed by atoms with Gasteiger partial charge in [-0.15, -0.1) is 0 Å². The maximum atomic E-state index is 11.1. The highest BCUT2D eigenvalue weighted by atomic mass is 127. The van der Waals surface area contributed by atoms with Gasteiger partial charge in [0.05, 0.1) is 14.2 Å². The highest BCUT2D eigenvalue weighted by Gasteiger charge is 2.26. The summed E-state index contributed by atoms with van der Waals surface area (Å²) in [4.78, 5) is 26.0. The number of nitrogens with zero attached hydrogens (tertiary/aromatic N) is 1. The molecule has 6 heteroatoms. The Bertz CT molecular complexity index is 300. The van der Waals surface area contributed by atoms with Gasteiger partial charge in [0.1, 0.15) is 6.54 Å². The Kier molecular flexibility index (Phi) is 7.62. The van der Waals surface area contributed by atoms with E-state index in [0.717, 1.165) is 0 Å². The smallest absolute Gasteiger partial charge is 0.325 e. The van der Waals surface area contributed by atoms with Crippen molar-refractivity contribution in [3.05, 3.63) is 0 Å². The molecule has 0 aliphatic heterocycles. The molecule has 0 bridgehead atoms. The number of aliphatic imine (C=N–C) groups is 1. The van der Waals surface area contributed by atoms with Crippen molar-refractivity contribution in [1.82, 2.24) is 0 Å². The maximum absolute atomic E-state index is 11.1. The van der Waals surface area contributed by atoms with E-state index in [1.54, 1.807) is 0 Å². The molecular weight excluding hydrogens is 313 g/mol. The van der Waals surface area contributed by atoms with E-state index in [1.807, 2.05) is 22.6 Å². The predicted molar refractivity (Wildman–Crippen MR) is 62.7 cm³/mol. The summed E-state index contributed by atoms with van der Waals surface area (Å²) in [6, 6.07) is 0. The topological polar surface area (TPSA) is 65.0 Å². The van der Waals surface area contributed by atoms with E-state index in [1.165, 1.54) is 20.4 Å². The Hall–Kier alpha value is -1.10. The highest BCUT2D eigenvalue weighted by molar-refractivity contribution is 14.1. The van der Waals surface area contributed by atoms with Gasteiger partial charge >= 0.3 is 11.9 Å². The molecule has 15 heavy (non-hydrogen) atoms. The molecule has 0 spiro atoms. The van der Waals surface area contributed by atoms with Gasteiger partial charge in [-0.1, -0.05) is 5.92 Å². The third-order valence-electron chi connectivity index (χ3n) is 1.40. The third kappa shape index (κ3) is 5.37. The fourth-order valence-electron chi connectivity index (χ4n) is 0.706. The molecule has 0 saturated carbocycles. The van der Waals surface area contributed by atoms with Crippen LogP contribution >= 0.6 is 22.6 Å². The lowest BCUT2D eigenvalue weighted by Crippen LogP contribution is -2.27. The standard InChI is InChI=1S/C9H10INO4/c1-14-8(12)7(9(13)15-2)6-11-5-3-4-10/h6-7H,5H2,1-2H3. The molecule has 0 aliphatic rings. The molecule has 0 atom stereocenters. The van der Waals surface area contributed by atoms with Crippen LogP contribution in [-0.2, 0) is 19.1 Å². The SMILES string of the molecule is COC(=O)C(C=NCC#CI)C(=O)OC.